The molecule has 4 nitrogen and oxygen atoms in total. The number of nitrogens with zero attached hydrogens (tertiary/aromatic N) is 1. The SMILES string of the molecule is CCN(c1ccccc1)C(C)OC(=O)Oc1c(Cl)cc(Cl)cc1Cl. The number of carbonyl (C=O) groups excluding carboxylic acids is 1. The van der Waals surface area contributed by atoms with E-state index in [1.54, 1.807) is 6.92 Å². The van der Waals surface area contributed by atoms with Crippen molar-refractivity contribution >= 4 is 46.6 Å². The van der Waals surface area contributed by atoms with Gasteiger partial charge in [-0.15, -0.1) is 0 Å². The van der Waals surface area contributed by atoms with Crippen LogP contribution in [0.25, 0.3) is 0 Å². The van der Waals surface area contributed by atoms with Gasteiger partial charge < -0.3 is 14.4 Å². The maximum atomic E-state index is 12.0. The first-order chi connectivity index (χ1) is 11.4. The molecule has 24 heavy (non-hydrogen) atoms. The van der Waals surface area contributed by atoms with E-state index >= 15 is 0 Å². The highest BCUT2D eigenvalue weighted by Gasteiger charge is 2.20. The summed E-state index contributed by atoms with van der Waals surface area (Å²) >= 11 is 17.8. The Morgan fingerprint density at radius 3 is 2.25 bits per heavy atom. The van der Waals surface area contributed by atoms with Gasteiger partial charge in [0, 0.05) is 17.3 Å². The molecule has 1 unspecified atom stereocenters. The highest BCUT2D eigenvalue weighted by Crippen LogP contribution is 2.36. The van der Waals surface area contributed by atoms with Crippen LogP contribution in [0, 0.1) is 0 Å². The molecule has 0 fully saturated rings. The summed E-state index contributed by atoms with van der Waals surface area (Å²) in [5.41, 5.74) is 0.933. The van der Waals surface area contributed by atoms with Crippen LogP contribution >= 0.6 is 34.8 Å². The van der Waals surface area contributed by atoms with Gasteiger partial charge in [-0.3, -0.25) is 0 Å². The van der Waals surface area contributed by atoms with Gasteiger partial charge in [-0.2, -0.15) is 0 Å². The number of carbonyl (C=O) groups is 1. The van der Waals surface area contributed by atoms with Crippen molar-refractivity contribution in [1.82, 2.24) is 0 Å². The second-order valence-corrected chi connectivity index (χ2v) is 6.14. The van der Waals surface area contributed by atoms with Gasteiger partial charge in [0.1, 0.15) is 0 Å². The maximum absolute atomic E-state index is 12.0. The minimum atomic E-state index is -0.900. The zero-order valence-corrected chi connectivity index (χ0v) is 15.4. The van der Waals surface area contributed by atoms with Crippen molar-refractivity contribution in [1.29, 1.82) is 0 Å². The highest BCUT2D eigenvalue weighted by molar-refractivity contribution is 6.40. The molecule has 0 spiro atoms. The molecular formula is C17H16Cl3NO3. The van der Waals surface area contributed by atoms with Gasteiger partial charge in [-0.25, -0.2) is 4.79 Å². The normalized spacial score (nSPS) is 11.7. The third-order valence-corrected chi connectivity index (χ3v) is 4.06. The number of anilines is 1. The van der Waals surface area contributed by atoms with Crippen LogP contribution in [-0.2, 0) is 4.74 Å². The second kappa shape index (κ2) is 8.47. The molecule has 1 atom stereocenters. The summed E-state index contributed by atoms with van der Waals surface area (Å²) in [6.45, 7) is 4.37. The van der Waals surface area contributed by atoms with E-state index in [2.05, 4.69) is 0 Å². The number of hydrogen-bond acceptors (Lipinski definition) is 4. The van der Waals surface area contributed by atoms with Crippen LogP contribution in [0.4, 0.5) is 10.5 Å². The fraction of sp³-hybridized carbons (Fsp3) is 0.235. The molecule has 0 aliphatic carbocycles. The van der Waals surface area contributed by atoms with Crippen LogP contribution in [0.5, 0.6) is 5.75 Å². The predicted molar refractivity (Wildman–Crippen MR) is 97.5 cm³/mol. The molecule has 0 N–H and O–H groups in total. The molecule has 0 aromatic heterocycles. The van der Waals surface area contributed by atoms with Gasteiger partial charge in [-0.1, -0.05) is 53.0 Å². The van der Waals surface area contributed by atoms with Crippen LogP contribution in [0.3, 0.4) is 0 Å². The van der Waals surface area contributed by atoms with Crippen LogP contribution < -0.4 is 9.64 Å². The van der Waals surface area contributed by atoms with Gasteiger partial charge in [0.15, 0.2) is 12.0 Å². The van der Waals surface area contributed by atoms with Gasteiger partial charge in [-0.05, 0) is 38.1 Å². The van der Waals surface area contributed by atoms with Gasteiger partial charge in [0.2, 0.25) is 0 Å². The molecule has 2 aromatic rings. The Kier molecular flexibility index (Phi) is 6.60. The van der Waals surface area contributed by atoms with Crippen molar-refractivity contribution in [2.75, 3.05) is 11.4 Å². The summed E-state index contributed by atoms with van der Waals surface area (Å²) in [6.07, 6.45) is -1.43. The Bertz CT molecular complexity index is 686. The first-order valence-corrected chi connectivity index (χ1v) is 8.40. The number of rotatable bonds is 5. The fourth-order valence-corrected chi connectivity index (χ4v) is 3.10. The van der Waals surface area contributed by atoms with E-state index < -0.39 is 12.4 Å². The zero-order chi connectivity index (χ0) is 17.7. The summed E-state index contributed by atoms with van der Waals surface area (Å²) in [6, 6.07) is 12.5. The maximum Gasteiger partial charge on any atom is 0.515 e. The Labute approximate surface area is 155 Å². The van der Waals surface area contributed by atoms with Crippen molar-refractivity contribution in [3.05, 3.63) is 57.5 Å². The molecule has 2 rings (SSSR count). The molecule has 0 aliphatic rings. The Morgan fingerprint density at radius 1 is 1.12 bits per heavy atom. The lowest BCUT2D eigenvalue weighted by molar-refractivity contribution is 0.0646. The standard InChI is InChI=1S/C17H16Cl3NO3/c1-3-21(13-7-5-4-6-8-13)11(2)23-17(22)24-16-14(19)9-12(18)10-15(16)20/h4-11H,3H2,1-2H3. The van der Waals surface area contributed by atoms with Crippen molar-refractivity contribution in [3.63, 3.8) is 0 Å². The van der Waals surface area contributed by atoms with E-state index in [0.29, 0.717) is 11.6 Å². The minimum Gasteiger partial charge on any atom is -0.410 e. The van der Waals surface area contributed by atoms with Crippen molar-refractivity contribution < 1.29 is 14.3 Å². The van der Waals surface area contributed by atoms with Crippen LogP contribution in [0.15, 0.2) is 42.5 Å². The average Bonchev–Trinajstić information content (AvgIpc) is 2.52. The topological polar surface area (TPSA) is 38.8 Å². The first kappa shape index (κ1) is 18.7. The molecule has 0 aliphatic heterocycles. The minimum absolute atomic E-state index is 0.0164. The second-order valence-electron chi connectivity index (χ2n) is 4.89. The lowest BCUT2D eigenvalue weighted by Gasteiger charge is -2.29. The monoisotopic (exact) mass is 387 g/mol. The third-order valence-electron chi connectivity index (χ3n) is 3.28. The Hall–Kier alpha value is -1.62. The molecule has 0 radical (unpaired) electrons. The molecule has 2 aromatic carbocycles. The van der Waals surface area contributed by atoms with Crippen LogP contribution in [0.2, 0.25) is 15.1 Å². The molecule has 0 heterocycles. The summed E-state index contributed by atoms with van der Waals surface area (Å²) in [5, 5.41) is 0.611. The fourth-order valence-electron chi connectivity index (χ4n) is 2.21. The largest absolute Gasteiger partial charge is 0.515 e. The van der Waals surface area contributed by atoms with E-state index in [-0.39, 0.29) is 15.8 Å². The first-order valence-electron chi connectivity index (χ1n) is 7.27. The average molecular weight is 389 g/mol. The Morgan fingerprint density at radius 2 is 1.71 bits per heavy atom. The molecule has 0 amide bonds. The number of para-hydroxylation sites is 1. The molecule has 0 saturated heterocycles. The zero-order valence-electron chi connectivity index (χ0n) is 13.1. The van der Waals surface area contributed by atoms with E-state index in [9.17, 15) is 4.79 Å². The Balaban J connectivity index is 2.06. The highest BCUT2D eigenvalue weighted by atomic mass is 35.5. The lowest BCUT2D eigenvalue weighted by Crippen LogP contribution is -2.37. The van der Waals surface area contributed by atoms with Gasteiger partial charge in [0.25, 0.3) is 0 Å². The van der Waals surface area contributed by atoms with E-state index in [0.717, 1.165) is 5.69 Å². The smallest absolute Gasteiger partial charge is 0.410 e. The summed E-state index contributed by atoms with van der Waals surface area (Å²) in [7, 11) is 0. The van der Waals surface area contributed by atoms with E-state index in [1.807, 2.05) is 42.2 Å². The predicted octanol–water partition coefficient (Wildman–Crippen LogP) is 6.03. The van der Waals surface area contributed by atoms with Crippen molar-refractivity contribution in [2.24, 2.45) is 0 Å². The number of hydrogen-bond donors (Lipinski definition) is 0. The molecular weight excluding hydrogens is 373 g/mol. The number of benzene rings is 2. The summed E-state index contributed by atoms with van der Waals surface area (Å²) in [5.74, 6) is 0.0164. The van der Waals surface area contributed by atoms with Crippen LogP contribution in [-0.4, -0.2) is 18.9 Å². The van der Waals surface area contributed by atoms with Crippen molar-refractivity contribution in [3.8, 4) is 5.75 Å². The van der Waals surface area contributed by atoms with Gasteiger partial charge in [0.05, 0.1) is 10.0 Å². The lowest BCUT2D eigenvalue weighted by atomic mass is 10.3. The molecule has 128 valence electrons. The molecule has 7 heteroatoms. The summed E-state index contributed by atoms with van der Waals surface area (Å²) < 4.78 is 10.4. The molecule has 0 bridgehead atoms. The van der Waals surface area contributed by atoms with Gasteiger partial charge >= 0.3 is 6.16 Å². The van der Waals surface area contributed by atoms with E-state index in [1.165, 1.54) is 12.1 Å². The van der Waals surface area contributed by atoms with Crippen LogP contribution in [0.1, 0.15) is 13.8 Å². The number of ether oxygens (including phenoxy) is 2. The number of halogens is 3. The van der Waals surface area contributed by atoms with Crippen molar-refractivity contribution in [2.45, 2.75) is 20.1 Å². The third kappa shape index (κ3) is 4.69. The molecule has 0 saturated carbocycles. The quantitative estimate of drug-likeness (QED) is 0.356. The van der Waals surface area contributed by atoms with E-state index in [4.69, 9.17) is 44.3 Å². The summed E-state index contributed by atoms with van der Waals surface area (Å²) in [4.78, 5) is 14.0.